The summed E-state index contributed by atoms with van der Waals surface area (Å²) in [5, 5.41) is 22.2. The summed E-state index contributed by atoms with van der Waals surface area (Å²) in [5.41, 5.74) is 0.110. The topological polar surface area (TPSA) is 96.8 Å². The number of halogens is 3. The Morgan fingerprint density at radius 1 is 1.15 bits per heavy atom. The highest BCUT2D eigenvalue weighted by Crippen LogP contribution is 2.32. The number of pyridine rings is 1. The van der Waals surface area contributed by atoms with Crippen LogP contribution in [-0.2, 0) is 19.0 Å². The molecular weight excluding hydrogens is 351 g/mol. The van der Waals surface area contributed by atoms with Crippen LogP contribution in [0.5, 0.6) is 5.75 Å². The molecule has 0 amide bonds. The number of H-pyrrole nitrogens is 1. The van der Waals surface area contributed by atoms with E-state index in [1.807, 2.05) is 0 Å². The Morgan fingerprint density at radius 2 is 1.92 bits per heavy atom. The van der Waals surface area contributed by atoms with Gasteiger partial charge in [-0.25, -0.2) is 4.39 Å². The molecule has 136 valence electrons. The number of hydrogen-bond acceptors (Lipinski definition) is 6. The minimum absolute atomic E-state index is 0.0311. The summed E-state index contributed by atoms with van der Waals surface area (Å²) >= 11 is 0. The molecule has 0 saturated carbocycles. The molecule has 0 saturated heterocycles. The van der Waals surface area contributed by atoms with Crippen molar-refractivity contribution in [2.75, 3.05) is 0 Å². The van der Waals surface area contributed by atoms with E-state index in [-0.39, 0.29) is 24.0 Å². The van der Waals surface area contributed by atoms with Crippen molar-refractivity contribution in [3.63, 3.8) is 0 Å². The molecule has 2 N–H and O–H groups in total. The van der Waals surface area contributed by atoms with E-state index in [4.69, 9.17) is 4.74 Å². The van der Waals surface area contributed by atoms with Crippen LogP contribution in [0.3, 0.4) is 0 Å². The summed E-state index contributed by atoms with van der Waals surface area (Å²) in [6, 6.07) is 8.09. The first kappa shape index (κ1) is 17.8. The molecule has 10 heteroatoms. The van der Waals surface area contributed by atoms with Crippen molar-refractivity contribution in [2.24, 2.45) is 0 Å². The van der Waals surface area contributed by atoms with Crippen molar-refractivity contribution in [3.05, 3.63) is 65.5 Å². The second kappa shape index (κ2) is 7.48. The number of aliphatic hydroxyl groups excluding tert-OH is 1. The highest BCUT2D eigenvalue weighted by Gasteiger charge is 2.42. The summed E-state index contributed by atoms with van der Waals surface area (Å²) in [6.07, 6.45) is -1.40. The maximum Gasteiger partial charge on any atom is 0.315 e. The number of ether oxygens (including phenoxy) is 1. The Balaban J connectivity index is 1.63. The summed E-state index contributed by atoms with van der Waals surface area (Å²) < 4.78 is 46.8. The summed E-state index contributed by atoms with van der Waals surface area (Å²) in [7, 11) is 0. The van der Waals surface area contributed by atoms with Crippen molar-refractivity contribution >= 4 is 0 Å². The van der Waals surface area contributed by atoms with Gasteiger partial charge in [0.15, 0.2) is 5.82 Å². The van der Waals surface area contributed by atoms with Gasteiger partial charge in [0.25, 0.3) is 0 Å². The van der Waals surface area contributed by atoms with Crippen LogP contribution in [0.1, 0.15) is 17.1 Å². The first-order chi connectivity index (χ1) is 12.4. The smallest absolute Gasteiger partial charge is 0.315 e. The zero-order valence-electron chi connectivity index (χ0n) is 13.3. The van der Waals surface area contributed by atoms with Crippen molar-refractivity contribution in [1.29, 1.82) is 0 Å². The molecule has 0 aliphatic rings. The van der Waals surface area contributed by atoms with Crippen molar-refractivity contribution in [2.45, 2.75) is 25.1 Å². The van der Waals surface area contributed by atoms with Crippen LogP contribution in [-0.4, -0.2) is 36.8 Å². The number of hydrogen-bond donors (Lipinski definition) is 2. The van der Waals surface area contributed by atoms with Crippen LogP contribution in [0.15, 0.2) is 42.6 Å². The van der Waals surface area contributed by atoms with Crippen LogP contribution in [0, 0.1) is 5.82 Å². The fraction of sp³-hybridized carbons (Fsp3) is 0.250. The number of aromatic amines is 1. The van der Waals surface area contributed by atoms with Gasteiger partial charge in [0.05, 0.1) is 6.20 Å². The van der Waals surface area contributed by atoms with Gasteiger partial charge in [-0.3, -0.25) is 4.98 Å². The third kappa shape index (κ3) is 4.14. The predicted octanol–water partition coefficient (Wildman–Crippen LogP) is 2.01. The number of aromatic nitrogens is 5. The zero-order chi connectivity index (χ0) is 18.6. The molecule has 3 aromatic rings. The summed E-state index contributed by atoms with van der Waals surface area (Å²) in [4.78, 5) is 3.67. The molecule has 0 spiro atoms. The van der Waals surface area contributed by atoms with Gasteiger partial charge in [-0.2, -0.15) is 14.0 Å². The van der Waals surface area contributed by atoms with Crippen LogP contribution < -0.4 is 4.74 Å². The molecule has 2 heterocycles. The third-order valence-electron chi connectivity index (χ3n) is 3.58. The Labute approximate surface area is 145 Å². The lowest BCUT2D eigenvalue weighted by Crippen LogP contribution is -2.34. The molecule has 3 rings (SSSR count). The van der Waals surface area contributed by atoms with Crippen LogP contribution in [0.4, 0.5) is 13.2 Å². The van der Waals surface area contributed by atoms with E-state index in [1.165, 1.54) is 18.2 Å². The number of benzene rings is 1. The SMILES string of the molecule is OC(Cc1nn[nH]n1)C(F)(F)c1ccc(OCc2ccc(F)cc2)cn1. The highest BCUT2D eigenvalue weighted by atomic mass is 19.3. The van der Waals surface area contributed by atoms with E-state index in [0.29, 0.717) is 0 Å². The van der Waals surface area contributed by atoms with Gasteiger partial charge in [-0.15, -0.1) is 10.2 Å². The fourth-order valence-corrected chi connectivity index (χ4v) is 2.15. The van der Waals surface area contributed by atoms with Gasteiger partial charge >= 0.3 is 5.92 Å². The van der Waals surface area contributed by atoms with E-state index in [9.17, 15) is 18.3 Å². The van der Waals surface area contributed by atoms with E-state index in [0.717, 1.165) is 17.8 Å². The highest BCUT2D eigenvalue weighted by molar-refractivity contribution is 5.24. The second-order valence-corrected chi connectivity index (χ2v) is 5.47. The first-order valence-corrected chi connectivity index (χ1v) is 7.57. The number of nitrogens with zero attached hydrogens (tertiary/aromatic N) is 4. The maximum absolute atomic E-state index is 14.3. The molecule has 2 aromatic heterocycles. The van der Waals surface area contributed by atoms with Gasteiger partial charge in [0, 0.05) is 6.42 Å². The van der Waals surface area contributed by atoms with Crippen molar-refractivity contribution in [1.82, 2.24) is 25.6 Å². The fourth-order valence-electron chi connectivity index (χ4n) is 2.15. The molecule has 1 atom stereocenters. The lowest BCUT2D eigenvalue weighted by molar-refractivity contribution is -0.117. The number of rotatable bonds is 7. The molecule has 0 aliphatic heterocycles. The zero-order valence-corrected chi connectivity index (χ0v) is 13.3. The van der Waals surface area contributed by atoms with Gasteiger partial charge in [-0.05, 0) is 29.8 Å². The molecule has 0 radical (unpaired) electrons. The summed E-state index contributed by atoms with van der Waals surface area (Å²) in [6.45, 7) is 0.137. The number of aliphatic hydroxyl groups is 1. The molecular formula is C16H14F3N5O2. The summed E-state index contributed by atoms with van der Waals surface area (Å²) in [5.74, 6) is -3.73. The molecule has 0 fully saturated rings. The minimum atomic E-state index is -3.60. The molecule has 0 bridgehead atoms. The number of tetrazole rings is 1. The van der Waals surface area contributed by atoms with E-state index < -0.39 is 24.1 Å². The molecule has 0 aliphatic carbocycles. The van der Waals surface area contributed by atoms with Crippen LogP contribution >= 0.6 is 0 Å². The van der Waals surface area contributed by atoms with Crippen molar-refractivity contribution in [3.8, 4) is 5.75 Å². The Hall–Kier alpha value is -3.01. The predicted molar refractivity (Wildman–Crippen MR) is 82.8 cm³/mol. The Bertz CT molecular complexity index is 826. The average Bonchev–Trinajstić information content (AvgIpc) is 3.14. The van der Waals surface area contributed by atoms with Gasteiger partial charge in [-0.1, -0.05) is 17.3 Å². The average molecular weight is 365 g/mol. The minimum Gasteiger partial charge on any atom is -0.487 e. The normalized spacial score (nSPS) is 12.8. The third-order valence-corrected chi connectivity index (χ3v) is 3.58. The lowest BCUT2D eigenvalue weighted by Gasteiger charge is -2.21. The number of alkyl halides is 2. The lowest BCUT2D eigenvalue weighted by atomic mass is 10.1. The van der Waals surface area contributed by atoms with Gasteiger partial charge in [0.2, 0.25) is 0 Å². The van der Waals surface area contributed by atoms with Gasteiger partial charge < -0.3 is 9.84 Å². The van der Waals surface area contributed by atoms with Crippen molar-refractivity contribution < 1.29 is 23.0 Å². The Morgan fingerprint density at radius 3 is 2.54 bits per heavy atom. The molecule has 1 aromatic carbocycles. The van der Waals surface area contributed by atoms with Crippen LogP contribution in [0.25, 0.3) is 0 Å². The quantitative estimate of drug-likeness (QED) is 0.665. The standard InChI is InChI=1S/C16H14F3N5O2/c17-11-3-1-10(2-4-11)9-26-12-5-6-13(20-8-12)16(18,19)14(25)7-15-21-23-24-22-15/h1-6,8,14,25H,7,9H2,(H,21,22,23,24). The number of nitrogens with one attached hydrogen (secondary N) is 1. The first-order valence-electron chi connectivity index (χ1n) is 7.57. The van der Waals surface area contributed by atoms with E-state index in [2.05, 4.69) is 25.6 Å². The monoisotopic (exact) mass is 365 g/mol. The largest absolute Gasteiger partial charge is 0.487 e. The molecule has 1 unspecified atom stereocenters. The van der Waals surface area contributed by atoms with Gasteiger partial charge in [0.1, 0.15) is 30.0 Å². The van der Waals surface area contributed by atoms with Crippen LogP contribution in [0.2, 0.25) is 0 Å². The second-order valence-electron chi connectivity index (χ2n) is 5.47. The Kier molecular flexibility index (Phi) is 5.12. The molecule has 7 nitrogen and oxygen atoms in total. The van der Waals surface area contributed by atoms with E-state index >= 15 is 0 Å². The maximum atomic E-state index is 14.3. The van der Waals surface area contributed by atoms with E-state index in [1.54, 1.807) is 12.1 Å². The molecule has 26 heavy (non-hydrogen) atoms.